The van der Waals surface area contributed by atoms with Crippen molar-refractivity contribution in [2.24, 2.45) is 5.92 Å². The van der Waals surface area contributed by atoms with Gasteiger partial charge in [0.05, 0.1) is 0 Å². The number of amides is 1. The van der Waals surface area contributed by atoms with Gasteiger partial charge in [0.1, 0.15) is 0 Å². The minimum Gasteiger partial charge on any atom is -0.358 e. The summed E-state index contributed by atoms with van der Waals surface area (Å²) in [7, 11) is 0. The van der Waals surface area contributed by atoms with Crippen molar-refractivity contribution in [1.82, 2.24) is 9.88 Å². The highest BCUT2D eigenvalue weighted by molar-refractivity contribution is 5.86. The smallest absolute Gasteiger partial charge is 0.223 e. The van der Waals surface area contributed by atoms with E-state index < -0.39 is 0 Å². The summed E-state index contributed by atoms with van der Waals surface area (Å²) in [5.74, 6) is 0.994. The molecule has 1 aliphatic carbocycles. The molecule has 2 aliphatic rings. The van der Waals surface area contributed by atoms with E-state index in [0.717, 1.165) is 25.9 Å². The summed E-state index contributed by atoms with van der Waals surface area (Å²) in [5.41, 5.74) is 3.86. The second-order valence-electron chi connectivity index (χ2n) is 6.90. The van der Waals surface area contributed by atoms with E-state index in [-0.39, 0.29) is 0 Å². The molecule has 1 saturated carbocycles. The maximum absolute atomic E-state index is 12.6. The normalized spacial score (nSPS) is 19.4. The molecule has 1 aromatic carbocycles. The first kappa shape index (κ1) is 13.9. The number of carbonyl (C=O) groups excluding carboxylic acids is 1. The van der Waals surface area contributed by atoms with Crippen LogP contribution in [0, 0.1) is 5.92 Å². The molecule has 116 valence electrons. The first-order valence-electron chi connectivity index (χ1n) is 8.67. The molecule has 0 unspecified atom stereocenters. The standard InChI is InChI=1S/C19H24N2O/c22-19(12-14-6-2-1-3-7-14)21-11-10-18-16(13-21)15-8-4-5-9-17(15)20-18/h4-5,8-9,14,20H,1-3,6-7,10-13H2. The number of carbonyl (C=O) groups is 1. The second kappa shape index (κ2) is 5.79. The fourth-order valence-electron chi connectivity index (χ4n) is 4.15. The summed E-state index contributed by atoms with van der Waals surface area (Å²) in [6.45, 7) is 1.65. The van der Waals surface area contributed by atoms with Crippen LogP contribution in [-0.2, 0) is 17.8 Å². The molecule has 1 aromatic heterocycles. The number of para-hydroxylation sites is 1. The number of nitrogens with one attached hydrogen (secondary N) is 1. The molecule has 0 saturated heterocycles. The number of aromatic amines is 1. The van der Waals surface area contributed by atoms with Gasteiger partial charge in [-0.25, -0.2) is 0 Å². The van der Waals surface area contributed by atoms with E-state index in [1.807, 2.05) is 0 Å². The molecular formula is C19H24N2O. The van der Waals surface area contributed by atoms with Gasteiger partial charge < -0.3 is 9.88 Å². The molecule has 2 aromatic rings. The Hall–Kier alpha value is -1.77. The maximum atomic E-state index is 12.6. The zero-order chi connectivity index (χ0) is 14.9. The van der Waals surface area contributed by atoms with Crippen LogP contribution in [-0.4, -0.2) is 22.3 Å². The Kier molecular flexibility index (Phi) is 3.65. The molecule has 0 atom stereocenters. The van der Waals surface area contributed by atoms with Crippen LogP contribution in [0.2, 0.25) is 0 Å². The van der Waals surface area contributed by atoms with Gasteiger partial charge in [0.15, 0.2) is 0 Å². The van der Waals surface area contributed by atoms with Crippen LogP contribution in [0.15, 0.2) is 24.3 Å². The summed E-state index contributed by atoms with van der Waals surface area (Å²) in [5, 5.41) is 1.28. The summed E-state index contributed by atoms with van der Waals surface area (Å²) >= 11 is 0. The van der Waals surface area contributed by atoms with E-state index in [1.54, 1.807) is 0 Å². The molecule has 0 bridgehead atoms. The molecule has 0 spiro atoms. The summed E-state index contributed by atoms with van der Waals surface area (Å²) in [6, 6.07) is 8.44. The fourth-order valence-corrected chi connectivity index (χ4v) is 4.15. The van der Waals surface area contributed by atoms with Crippen LogP contribution in [0.5, 0.6) is 0 Å². The van der Waals surface area contributed by atoms with Crippen LogP contribution in [0.3, 0.4) is 0 Å². The average Bonchev–Trinajstić information content (AvgIpc) is 2.93. The van der Waals surface area contributed by atoms with Crippen LogP contribution in [0.4, 0.5) is 0 Å². The van der Waals surface area contributed by atoms with Gasteiger partial charge in [0.2, 0.25) is 5.91 Å². The number of fused-ring (bicyclic) bond motifs is 3. The van der Waals surface area contributed by atoms with E-state index in [4.69, 9.17) is 0 Å². The SMILES string of the molecule is O=C(CC1CCCCC1)N1CCc2[nH]c3ccccc3c2C1. The van der Waals surface area contributed by atoms with E-state index in [1.165, 1.54) is 54.3 Å². The van der Waals surface area contributed by atoms with Gasteiger partial charge in [0.25, 0.3) is 0 Å². The number of aromatic nitrogens is 1. The van der Waals surface area contributed by atoms with Crippen molar-refractivity contribution >= 4 is 16.8 Å². The first-order chi connectivity index (χ1) is 10.8. The Morgan fingerprint density at radius 1 is 1.18 bits per heavy atom. The molecule has 4 rings (SSSR count). The summed E-state index contributed by atoms with van der Waals surface area (Å²) in [4.78, 5) is 18.2. The molecule has 3 nitrogen and oxygen atoms in total. The predicted molar refractivity (Wildman–Crippen MR) is 88.6 cm³/mol. The van der Waals surface area contributed by atoms with Crippen LogP contribution in [0.1, 0.15) is 49.8 Å². The van der Waals surface area contributed by atoms with Crippen molar-refractivity contribution in [1.29, 1.82) is 0 Å². The summed E-state index contributed by atoms with van der Waals surface area (Å²) in [6.07, 6.45) is 8.19. The highest BCUT2D eigenvalue weighted by atomic mass is 16.2. The number of hydrogen-bond acceptors (Lipinski definition) is 1. The van der Waals surface area contributed by atoms with E-state index in [9.17, 15) is 4.79 Å². The minimum absolute atomic E-state index is 0.364. The number of benzene rings is 1. The van der Waals surface area contributed by atoms with Crippen molar-refractivity contribution in [2.45, 2.75) is 51.5 Å². The average molecular weight is 296 g/mol. The predicted octanol–water partition coefficient (Wildman–Crippen LogP) is 4.02. The number of H-pyrrole nitrogens is 1. The number of hydrogen-bond donors (Lipinski definition) is 1. The molecule has 22 heavy (non-hydrogen) atoms. The Morgan fingerprint density at radius 3 is 2.86 bits per heavy atom. The Labute approximate surface area is 131 Å². The van der Waals surface area contributed by atoms with Gasteiger partial charge in [-0.3, -0.25) is 4.79 Å². The Balaban J connectivity index is 1.50. The molecule has 1 aliphatic heterocycles. The van der Waals surface area contributed by atoms with Crippen LogP contribution >= 0.6 is 0 Å². The lowest BCUT2D eigenvalue weighted by atomic mass is 9.86. The maximum Gasteiger partial charge on any atom is 0.223 e. The molecule has 2 heterocycles. The monoisotopic (exact) mass is 296 g/mol. The zero-order valence-electron chi connectivity index (χ0n) is 13.1. The Bertz CT molecular complexity index is 682. The highest BCUT2D eigenvalue weighted by Gasteiger charge is 2.26. The Morgan fingerprint density at radius 2 is 2.00 bits per heavy atom. The van der Waals surface area contributed by atoms with Gasteiger partial charge in [-0.15, -0.1) is 0 Å². The quantitative estimate of drug-likeness (QED) is 0.892. The van der Waals surface area contributed by atoms with Gasteiger partial charge in [0, 0.05) is 48.1 Å². The lowest BCUT2D eigenvalue weighted by Gasteiger charge is -2.30. The van der Waals surface area contributed by atoms with Crippen molar-refractivity contribution in [3.63, 3.8) is 0 Å². The third kappa shape index (κ3) is 2.53. The third-order valence-corrected chi connectivity index (χ3v) is 5.42. The largest absolute Gasteiger partial charge is 0.358 e. The summed E-state index contributed by atoms with van der Waals surface area (Å²) < 4.78 is 0. The fraction of sp³-hybridized carbons (Fsp3) is 0.526. The topological polar surface area (TPSA) is 36.1 Å². The van der Waals surface area contributed by atoms with Gasteiger partial charge in [-0.05, 0) is 24.8 Å². The van der Waals surface area contributed by atoms with Gasteiger partial charge in [-0.2, -0.15) is 0 Å². The lowest BCUT2D eigenvalue weighted by molar-refractivity contribution is -0.133. The van der Waals surface area contributed by atoms with E-state index in [2.05, 4.69) is 34.1 Å². The number of nitrogens with zero attached hydrogens (tertiary/aromatic N) is 1. The molecular weight excluding hydrogens is 272 g/mol. The molecule has 0 radical (unpaired) electrons. The van der Waals surface area contributed by atoms with Gasteiger partial charge in [-0.1, -0.05) is 37.5 Å². The highest BCUT2D eigenvalue weighted by Crippen LogP contribution is 2.30. The van der Waals surface area contributed by atoms with E-state index >= 15 is 0 Å². The van der Waals surface area contributed by atoms with Crippen molar-refractivity contribution in [3.8, 4) is 0 Å². The zero-order valence-corrected chi connectivity index (χ0v) is 13.1. The minimum atomic E-state index is 0.364. The van der Waals surface area contributed by atoms with Crippen LogP contribution in [0.25, 0.3) is 10.9 Å². The lowest BCUT2D eigenvalue weighted by Crippen LogP contribution is -2.36. The molecule has 1 fully saturated rings. The third-order valence-electron chi connectivity index (χ3n) is 5.42. The van der Waals surface area contributed by atoms with Crippen molar-refractivity contribution in [3.05, 3.63) is 35.5 Å². The second-order valence-corrected chi connectivity index (χ2v) is 6.90. The number of rotatable bonds is 2. The molecule has 1 amide bonds. The first-order valence-corrected chi connectivity index (χ1v) is 8.67. The molecule has 3 heteroatoms. The molecule has 1 N–H and O–H groups in total. The van der Waals surface area contributed by atoms with Crippen molar-refractivity contribution in [2.75, 3.05) is 6.54 Å². The van der Waals surface area contributed by atoms with Crippen LogP contribution < -0.4 is 0 Å². The van der Waals surface area contributed by atoms with E-state index in [0.29, 0.717) is 11.8 Å². The van der Waals surface area contributed by atoms with Crippen molar-refractivity contribution < 1.29 is 4.79 Å². The van der Waals surface area contributed by atoms with Gasteiger partial charge >= 0.3 is 0 Å².